The van der Waals surface area contributed by atoms with Crippen LogP contribution in [-0.4, -0.2) is 29.5 Å². The molecular weight excluding hydrogens is 611 g/mol. The summed E-state index contributed by atoms with van der Waals surface area (Å²) in [5, 5.41) is 20.7. The molecule has 0 spiro atoms. The van der Waals surface area contributed by atoms with Gasteiger partial charge < -0.3 is 14.9 Å². The first-order valence-electron chi connectivity index (χ1n) is 11.7. The van der Waals surface area contributed by atoms with Crippen LogP contribution >= 0.6 is 31.9 Å². The second-order valence-corrected chi connectivity index (χ2v) is 10.7. The standard InChI is InChI=1S/C25H23Br2FN6O3/c1-14-21(24(27)33(31-14)12-16-3-4-16)13-32-22(7-8-30-32)19-6-5-18(28)10-20(19)15(2)37-23-9-17(26)11-29-25(23)34(35)36/h5-11,15-16H,3-4,12-13H2,1-2H3/t15-/m1/s1. The van der Waals surface area contributed by atoms with Gasteiger partial charge in [-0.15, -0.1) is 0 Å². The molecule has 3 heterocycles. The van der Waals surface area contributed by atoms with Gasteiger partial charge in [0, 0.05) is 35.5 Å². The van der Waals surface area contributed by atoms with Crippen molar-refractivity contribution >= 4 is 37.7 Å². The van der Waals surface area contributed by atoms with E-state index >= 15 is 0 Å². The Morgan fingerprint density at radius 2 is 2.03 bits per heavy atom. The minimum atomic E-state index is -0.724. The number of hydrogen-bond donors (Lipinski definition) is 0. The molecule has 192 valence electrons. The molecule has 1 aliphatic rings. The van der Waals surface area contributed by atoms with Gasteiger partial charge in [0.25, 0.3) is 0 Å². The maximum Gasteiger partial charge on any atom is 0.406 e. The van der Waals surface area contributed by atoms with E-state index in [0.717, 1.165) is 28.1 Å². The van der Waals surface area contributed by atoms with Crippen molar-refractivity contribution in [2.45, 2.75) is 45.9 Å². The third-order valence-corrected chi connectivity index (χ3v) is 7.66. The Labute approximate surface area is 229 Å². The molecular formula is C25H23Br2FN6O3. The first-order chi connectivity index (χ1) is 17.7. The molecule has 3 aromatic heterocycles. The number of nitrogens with zero attached hydrogens (tertiary/aromatic N) is 6. The van der Waals surface area contributed by atoms with Crippen molar-refractivity contribution in [3.63, 3.8) is 0 Å². The monoisotopic (exact) mass is 632 g/mol. The lowest BCUT2D eigenvalue weighted by Crippen LogP contribution is -2.10. The number of nitro groups is 1. The average molecular weight is 634 g/mol. The molecule has 0 radical (unpaired) electrons. The average Bonchev–Trinajstić information content (AvgIpc) is 3.48. The van der Waals surface area contributed by atoms with Gasteiger partial charge in [-0.1, -0.05) is 0 Å². The summed E-state index contributed by atoms with van der Waals surface area (Å²) >= 11 is 6.99. The Bertz CT molecular complexity index is 1480. The van der Waals surface area contributed by atoms with Crippen molar-refractivity contribution in [3.05, 3.63) is 84.6 Å². The molecule has 1 aromatic carbocycles. The zero-order chi connectivity index (χ0) is 26.3. The van der Waals surface area contributed by atoms with Crippen LogP contribution in [0.5, 0.6) is 5.75 Å². The molecule has 0 N–H and O–H groups in total. The van der Waals surface area contributed by atoms with Crippen LogP contribution in [0.1, 0.15) is 42.7 Å². The van der Waals surface area contributed by atoms with Gasteiger partial charge in [0.05, 0.1) is 22.4 Å². The number of pyridine rings is 1. The van der Waals surface area contributed by atoms with Gasteiger partial charge >= 0.3 is 5.82 Å². The number of halogens is 3. The van der Waals surface area contributed by atoms with Crippen molar-refractivity contribution in [1.82, 2.24) is 24.5 Å². The van der Waals surface area contributed by atoms with Crippen LogP contribution in [0.3, 0.4) is 0 Å². The molecule has 12 heteroatoms. The van der Waals surface area contributed by atoms with Gasteiger partial charge in [0.2, 0.25) is 5.75 Å². The van der Waals surface area contributed by atoms with Crippen LogP contribution in [-0.2, 0) is 13.1 Å². The fourth-order valence-electron chi connectivity index (χ4n) is 4.27. The predicted octanol–water partition coefficient (Wildman–Crippen LogP) is 6.62. The minimum absolute atomic E-state index is 0.0155. The second kappa shape index (κ2) is 10.3. The van der Waals surface area contributed by atoms with E-state index in [2.05, 4.69) is 41.9 Å². The smallest absolute Gasteiger partial charge is 0.406 e. The van der Waals surface area contributed by atoms with Crippen LogP contribution < -0.4 is 4.74 Å². The molecule has 4 aromatic rings. The fourth-order valence-corrected chi connectivity index (χ4v) is 5.21. The molecule has 0 bridgehead atoms. The summed E-state index contributed by atoms with van der Waals surface area (Å²) in [5.41, 5.74) is 3.93. The molecule has 1 atom stereocenters. The fraction of sp³-hybridized carbons (Fsp3) is 0.320. The Morgan fingerprint density at radius 3 is 2.76 bits per heavy atom. The zero-order valence-corrected chi connectivity index (χ0v) is 23.2. The largest absolute Gasteiger partial charge is 0.478 e. The number of rotatable bonds is 9. The maximum absolute atomic E-state index is 14.4. The maximum atomic E-state index is 14.4. The van der Waals surface area contributed by atoms with Crippen LogP contribution in [0.4, 0.5) is 10.2 Å². The Balaban J connectivity index is 1.48. The molecule has 1 fully saturated rings. The molecule has 37 heavy (non-hydrogen) atoms. The summed E-state index contributed by atoms with van der Waals surface area (Å²) in [5.74, 6) is -0.190. The summed E-state index contributed by atoms with van der Waals surface area (Å²) in [6, 6.07) is 7.75. The summed E-state index contributed by atoms with van der Waals surface area (Å²) < 4.78 is 25.7. The SMILES string of the molecule is Cc1nn(CC2CC2)c(Br)c1Cn1nccc1-c1ccc(F)cc1[C@@H](C)Oc1cc(Br)cnc1[N+](=O)[O-]. The van der Waals surface area contributed by atoms with Gasteiger partial charge in [-0.3, -0.25) is 9.36 Å². The van der Waals surface area contributed by atoms with Gasteiger partial charge in [-0.25, -0.2) is 4.39 Å². The van der Waals surface area contributed by atoms with E-state index in [1.165, 1.54) is 37.2 Å². The summed E-state index contributed by atoms with van der Waals surface area (Å²) in [6.07, 6.45) is 4.76. The summed E-state index contributed by atoms with van der Waals surface area (Å²) in [6.45, 7) is 5.05. The van der Waals surface area contributed by atoms with Crippen molar-refractivity contribution in [2.75, 3.05) is 0 Å². The van der Waals surface area contributed by atoms with E-state index in [1.54, 1.807) is 19.2 Å². The van der Waals surface area contributed by atoms with Crippen molar-refractivity contribution in [3.8, 4) is 17.0 Å². The van der Waals surface area contributed by atoms with Gasteiger partial charge in [-0.2, -0.15) is 10.2 Å². The predicted molar refractivity (Wildman–Crippen MR) is 142 cm³/mol. The van der Waals surface area contributed by atoms with Crippen molar-refractivity contribution in [2.24, 2.45) is 5.92 Å². The third-order valence-electron chi connectivity index (χ3n) is 6.34. The van der Waals surface area contributed by atoms with Crippen molar-refractivity contribution in [1.29, 1.82) is 0 Å². The highest BCUT2D eigenvalue weighted by atomic mass is 79.9. The van der Waals surface area contributed by atoms with Crippen LogP contribution in [0.15, 0.2) is 51.8 Å². The first-order valence-corrected chi connectivity index (χ1v) is 13.3. The zero-order valence-electron chi connectivity index (χ0n) is 20.1. The van der Waals surface area contributed by atoms with Crippen LogP contribution in [0.25, 0.3) is 11.3 Å². The topological polar surface area (TPSA) is 101 Å². The van der Waals surface area contributed by atoms with E-state index in [1.807, 2.05) is 22.4 Å². The van der Waals surface area contributed by atoms with E-state index in [-0.39, 0.29) is 5.75 Å². The Kier molecular flexibility index (Phi) is 7.13. The number of aryl methyl sites for hydroxylation is 1. The quantitative estimate of drug-likeness (QED) is 0.152. The molecule has 9 nitrogen and oxygen atoms in total. The van der Waals surface area contributed by atoms with Gasteiger partial charge in [-0.05, 0) is 98.6 Å². The summed E-state index contributed by atoms with van der Waals surface area (Å²) in [7, 11) is 0. The molecule has 1 aliphatic carbocycles. The van der Waals surface area contributed by atoms with Crippen LogP contribution in [0, 0.1) is 28.8 Å². The lowest BCUT2D eigenvalue weighted by Gasteiger charge is -2.19. The Hall–Kier alpha value is -3.12. The number of ether oxygens (including phenoxy) is 1. The highest BCUT2D eigenvalue weighted by molar-refractivity contribution is 9.10. The molecule has 5 rings (SSSR count). The van der Waals surface area contributed by atoms with Gasteiger partial charge in [0.15, 0.2) is 6.20 Å². The Morgan fingerprint density at radius 1 is 1.24 bits per heavy atom. The lowest BCUT2D eigenvalue weighted by molar-refractivity contribution is -0.390. The molecule has 0 amide bonds. The van der Waals surface area contributed by atoms with E-state index in [0.29, 0.717) is 28.1 Å². The molecule has 0 aliphatic heterocycles. The highest BCUT2D eigenvalue weighted by Crippen LogP contribution is 2.36. The lowest BCUT2D eigenvalue weighted by atomic mass is 10.00. The van der Waals surface area contributed by atoms with E-state index in [4.69, 9.17) is 9.84 Å². The normalized spacial score (nSPS) is 14.1. The summed E-state index contributed by atoms with van der Waals surface area (Å²) in [4.78, 5) is 14.7. The molecule has 0 saturated heterocycles. The minimum Gasteiger partial charge on any atom is -0.478 e. The van der Waals surface area contributed by atoms with Crippen molar-refractivity contribution < 1.29 is 14.1 Å². The third kappa shape index (κ3) is 5.45. The van der Waals surface area contributed by atoms with Crippen LogP contribution in [0.2, 0.25) is 0 Å². The first kappa shape index (κ1) is 25.5. The number of hydrogen-bond acceptors (Lipinski definition) is 6. The number of aromatic nitrogens is 5. The molecule has 1 saturated carbocycles. The van der Waals surface area contributed by atoms with Gasteiger partial charge in [0.1, 0.15) is 16.5 Å². The van der Waals surface area contributed by atoms with E-state index < -0.39 is 22.7 Å². The second-order valence-electron chi connectivity index (χ2n) is 9.08. The number of benzene rings is 1. The van der Waals surface area contributed by atoms with E-state index in [9.17, 15) is 14.5 Å². The molecule has 0 unspecified atom stereocenters. The highest BCUT2D eigenvalue weighted by Gasteiger charge is 2.26.